The molecular formula is C12H10Cl2ORu. The molecule has 0 saturated heterocycles. The van der Waals surface area contributed by atoms with Gasteiger partial charge in [0.15, 0.2) is 0 Å². The van der Waals surface area contributed by atoms with Crippen molar-refractivity contribution in [1.29, 1.82) is 0 Å². The standard InChI is InChI=1S/C12H10O.2ClH.Ru/c1-9-7-10-5-3-4-6-11(10)8-12(9)13-2;;;/h1,3-8H,2H3;2*1H;/q;;;+2/p-2. The van der Waals surface area contributed by atoms with E-state index in [1.807, 2.05) is 22.8 Å². The van der Waals surface area contributed by atoms with Crippen molar-refractivity contribution in [3.63, 3.8) is 0 Å². The average molecular weight is 342 g/mol. The molecule has 0 aliphatic rings. The molecule has 2 aromatic carbocycles. The van der Waals surface area contributed by atoms with E-state index in [0.29, 0.717) is 0 Å². The molecule has 0 spiro atoms. The Labute approximate surface area is 107 Å². The van der Waals surface area contributed by atoms with Crippen LogP contribution in [0.2, 0.25) is 0 Å². The summed E-state index contributed by atoms with van der Waals surface area (Å²) in [7, 11) is 13.4. The van der Waals surface area contributed by atoms with Crippen LogP contribution in [0.5, 0.6) is 5.75 Å². The summed E-state index contributed by atoms with van der Waals surface area (Å²) in [4.78, 5) is 0. The van der Waals surface area contributed by atoms with Gasteiger partial charge in [-0.1, -0.05) is 0 Å². The number of benzene rings is 2. The van der Waals surface area contributed by atoms with Crippen molar-refractivity contribution in [2.24, 2.45) is 0 Å². The van der Waals surface area contributed by atoms with Gasteiger partial charge >= 0.3 is 108 Å². The molecule has 0 aromatic heterocycles. The Morgan fingerprint density at radius 1 is 1.12 bits per heavy atom. The van der Waals surface area contributed by atoms with Crippen LogP contribution in [0.4, 0.5) is 0 Å². The van der Waals surface area contributed by atoms with Crippen LogP contribution in [0.3, 0.4) is 0 Å². The third-order valence-electron chi connectivity index (χ3n) is 2.29. The van der Waals surface area contributed by atoms with Crippen LogP contribution in [-0.4, -0.2) is 11.7 Å². The van der Waals surface area contributed by atoms with Gasteiger partial charge in [0, 0.05) is 0 Å². The molecule has 0 aliphatic heterocycles. The van der Waals surface area contributed by atoms with Gasteiger partial charge in [0.25, 0.3) is 0 Å². The fourth-order valence-corrected chi connectivity index (χ4v) is 3.36. The summed E-state index contributed by atoms with van der Waals surface area (Å²) in [6.07, 6.45) is 0. The number of halogens is 2. The summed E-state index contributed by atoms with van der Waals surface area (Å²) in [5.74, 6) is 0.818. The minimum absolute atomic E-state index is 0.818. The molecule has 0 radical (unpaired) electrons. The Morgan fingerprint density at radius 3 is 2.31 bits per heavy atom. The Bertz CT molecular complexity index is 548. The second-order valence-electron chi connectivity index (χ2n) is 3.25. The molecule has 1 nitrogen and oxygen atoms in total. The number of methoxy groups -OCH3 is 1. The van der Waals surface area contributed by atoms with Crippen molar-refractivity contribution in [1.82, 2.24) is 0 Å². The summed E-state index contributed by atoms with van der Waals surface area (Å²) in [5, 5.41) is 2.32. The second-order valence-corrected chi connectivity index (χ2v) is 8.97. The molecule has 0 unspecified atom stereocenters. The zero-order chi connectivity index (χ0) is 11.5. The van der Waals surface area contributed by atoms with Crippen molar-refractivity contribution in [2.45, 2.75) is 0 Å². The first-order valence-electron chi connectivity index (χ1n) is 4.60. The van der Waals surface area contributed by atoms with E-state index in [1.165, 1.54) is 5.39 Å². The van der Waals surface area contributed by atoms with Crippen LogP contribution in [0.1, 0.15) is 5.56 Å². The summed E-state index contributed by atoms with van der Waals surface area (Å²) in [6.45, 7) is 0. The third-order valence-corrected chi connectivity index (χ3v) is 4.12. The maximum absolute atomic E-state index is 5.89. The van der Waals surface area contributed by atoms with E-state index >= 15 is 0 Å². The monoisotopic (exact) mass is 342 g/mol. The summed E-state index contributed by atoms with van der Waals surface area (Å²) in [6, 6.07) is 12.2. The van der Waals surface area contributed by atoms with Gasteiger partial charge in [-0.3, -0.25) is 0 Å². The molecule has 0 heterocycles. The Kier molecular flexibility index (Phi) is 3.97. The zero-order valence-electron chi connectivity index (χ0n) is 8.56. The van der Waals surface area contributed by atoms with Gasteiger partial charge in [0.2, 0.25) is 0 Å². The predicted octanol–water partition coefficient (Wildman–Crippen LogP) is 3.92. The molecule has 2 rings (SSSR count). The number of hydrogen-bond donors (Lipinski definition) is 0. The molecule has 0 saturated carbocycles. The molecule has 4 heteroatoms. The second kappa shape index (κ2) is 5.27. The first kappa shape index (κ1) is 12.0. The Balaban J connectivity index is 2.67. The molecular weight excluding hydrogens is 332 g/mol. The normalized spacial score (nSPS) is 11.3. The number of fused-ring (bicyclic) bond motifs is 1. The molecule has 86 valence electrons. The van der Waals surface area contributed by atoms with Crippen LogP contribution < -0.4 is 4.74 Å². The van der Waals surface area contributed by atoms with Gasteiger partial charge in [-0.05, 0) is 0 Å². The van der Waals surface area contributed by atoms with Crippen molar-refractivity contribution in [3.8, 4) is 5.75 Å². The summed E-state index contributed by atoms with van der Waals surface area (Å²) < 4.78 is 7.23. The minimum atomic E-state index is -1.82. The SMILES string of the molecule is COc1cc2ccccc2cc1[CH]=[Ru]([Cl])[Cl]. The molecule has 0 fully saturated rings. The third kappa shape index (κ3) is 2.63. The van der Waals surface area contributed by atoms with Crippen LogP contribution in [-0.2, 0) is 13.5 Å². The van der Waals surface area contributed by atoms with Gasteiger partial charge in [0.05, 0.1) is 0 Å². The molecule has 16 heavy (non-hydrogen) atoms. The molecule has 0 atom stereocenters. The van der Waals surface area contributed by atoms with Crippen molar-refractivity contribution >= 4 is 34.8 Å². The molecule has 0 bridgehead atoms. The number of ether oxygens (including phenoxy) is 1. The summed E-state index contributed by atoms with van der Waals surface area (Å²) in [5.41, 5.74) is 0.977. The van der Waals surface area contributed by atoms with Crippen molar-refractivity contribution in [3.05, 3.63) is 42.0 Å². The Hall–Kier alpha value is -0.427. The molecule has 0 amide bonds. The summed E-state index contributed by atoms with van der Waals surface area (Å²) >= 11 is -1.82. The fraction of sp³-hybridized carbons (Fsp3) is 0.0833. The van der Waals surface area contributed by atoms with Gasteiger partial charge in [-0.25, -0.2) is 0 Å². The van der Waals surface area contributed by atoms with Crippen molar-refractivity contribution in [2.75, 3.05) is 7.11 Å². The molecule has 0 aliphatic carbocycles. The van der Waals surface area contributed by atoms with Crippen LogP contribution in [0.25, 0.3) is 10.8 Å². The average Bonchev–Trinajstić information content (AvgIpc) is 2.27. The van der Waals surface area contributed by atoms with Crippen LogP contribution in [0.15, 0.2) is 36.4 Å². The fourth-order valence-electron chi connectivity index (χ4n) is 1.58. The van der Waals surface area contributed by atoms with Gasteiger partial charge < -0.3 is 0 Å². The number of rotatable bonds is 2. The van der Waals surface area contributed by atoms with E-state index in [-0.39, 0.29) is 0 Å². The van der Waals surface area contributed by atoms with E-state index in [0.717, 1.165) is 16.7 Å². The van der Waals surface area contributed by atoms with Gasteiger partial charge in [0.1, 0.15) is 0 Å². The van der Waals surface area contributed by atoms with E-state index in [2.05, 4.69) is 18.2 Å². The van der Waals surface area contributed by atoms with E-state index in [9.17, 15) is 0 Å². The van der Waals surface area contributed by atoms with Crippen LogP contribution >= 0.6 is 19.4 Å². The molecule has 2 aromatic rings. The van der Waals surface area contributed by atoms with Crippen molar-refractivity contribution < 1.29 is 18.3 Å². The Morgan fingerprint density at radius 2 is 1.75 bits per heavy atom. The van der Waals surface area contributed by atoms with E-state index in [1.54, 1.807) is 7.11 Å². The van der Waals surface area contributed by atoms with Crippen LogP contribution in [0, 0.1) is 0 Å². The van der Waals surface area contributed by atoms with E-state index in [4.69, 9.17) is 24.1 Å². The first-order chi connectivity index (χ1) is 7.70. The maximum atomic E-state index is 5.89. The van der Waals surface area contributed by atoms with E-state index < -0.39 is 13.5 Å². The zero-order valence-corrected chi connectivity index (χ0v) is 11.8. The number of hydrogen-bond acceptors (Lipinski definition) is 1. The molecule has 0 N–H and O–H groups in total. The first-order valence-corrected chi connectivity index (χ1v) is 10.1. The quantitative estimate of drug-likeness (QED) is 0.752. The predicted molar refractivity (Wildman–Crippen MR) is 67.4 cm³/mol. The van der Waals surface area contributed by atoms with Gasteiger partial charge in [-0.15, -0.1) is 0 Å². The topological polar surface area (TPSA) is 9.23 Å². The van der Waals surface area contributed by atoms with Gasteiger partial charge in [-0.2, -0.15) is 0 Å².